The smallest absolute Gasteiger partial charge is 0.269 e. The molecule has 0 bridgehead atoms. The van der Waals surface area contributed by atoms with E-state index in [9.17, 15) is 10.1 Å². The third kappa shape index (κ3) is 8.68. The van der Waals surface area contributed by atoms with Gasteiger partial charge < -0.3 is 4.90 Å². The first kappa shape index (κ1) is 19.9. The second-order valence-corrected chi connectivity index (χ2v) is 5.43. The van der Waals surface area contributed by atoms with E-state index in [1.165, 1.54) is 38.5 Å². The molecule has 120 valence electrons. The Labute approximate surface area is 134 Å². The number of halogens is 1. The minimum Gasteiger partial charge on any atom is -0.302 e. The van der Waals surface area contributed by atoms with Crippen molar-refractivity contribution < 1.29 is 4.92 Å². The summed E-state index contributed by atoms with van der Waals surface area (Å²) in [4.78, 5) is 12.5. The Balaban J connectivity index is 0.00000400. The monoisotopic (exact) mass is 314 g/mol. The van der Waals surface area contributed by atoms with Crippen molar-refractivity contribution >= 4 is 18.1 Å². The number of nitro groups is 1. The van der Waals surface area contributed by atoms with Crippen LogP contribution in [0.15, 0.2) is 24.3 Å². The molecule has 1 aromatic rings. The molecule has 0 saturated heterocycles. The fraction of sp³-hybridized carbons (Fsp3) is 0.625. The van der Waals surface area contributed by atoms with Gasteiger partial charge in [0.15, 0.2) is 0 Å². The Morgan fingerprint density at radius 1 is 1.05 bits per heavy atom. The third-order valence-corrected chi connectivity index (χ3v) is 3.49. The number of nitro benzene ring substituents is 1. The molecule has 0 radical (unpaired) electrons. The second kappa shape index (κ2) is 11.5. The summed E-state index contributed by atoms with van der Waals surface area (Å²) in [6, 6.07) is 6.84. The van der Waals surface area contributed by atoms with Crippen LogP contribution >= 0.6 is 12.4 Å². The van der Waals surface area contributed by atoms with Gasteiger partial charge in [-0.05, 0) is 25.6 Å². The van der Waals surface area contributed by atoms with Crippen LogP contribution in [-0.4, -0.2) is 23.4 Å². The van der Waals surface area contributed by atoms with Crippen molar-refractivity contribution in [3.05, 3.63) is 39.9 Å². The Hall–Kier alpha value is -1.13. The van der Waals surface area contributed by atoms with Gasteiger partial charge in [-0.15, -0.1) is 12.4 Å². The number of nitrogens with zero attached hydrogens (tertiary/aromatic N) is 2. The van der Waals surface area contributed by atoms with Gasteiger partial charge >= 0.3 is 0 Å². The molecule has 0 saturated carbocycles. The van der Waals surface area contributed by atoms with Crippen molar-refractivity contribution in [2.75, 3.05) is 13.6 Å². The van der Waals surface area contributed by atoms with E-state index in [0.29, 0.717) is 0 Å². The Morgan fingerprint density at radius 3 is 2.19 bits per heavy atom. The minimum absolute atomic E-state index is 0. The number of hydrogen-bond acceptors (Lipinski definition) is 3. The summed E-state index contributed by atoms with van der Waals surface area (Å²) < 4.78 is 0. The zero-order valence-electron chi connectivity index (χ0n) is 13.1. The van der Waals surface area contributed by atoms with Gasteiger partial charge in [-0.25, -0.2) is 0 Å². The predicted octanol–water partition coefficient (Wildman–Crippen LogP) is 4.81. The summed E-state index contributed by atoms with van der Waals surface area (Å²) >= 11 is 0. The molecule has 1 aromatic carbocycles. The lowest BCUT2D eigenvalue weighted by molar-refractivity contribution is -0.384. The first-order valence-electron chi connectivity index (χ1n) is 7.55. The van der Waals surface area contributed by atoms with Crippen molar-refractivity contribution in [1.29, 1.82) is 0 Å². The zero-order chi connectivity index (χ0) is 14.8. The molecule has 0 aliphatic carbocycles. The third-order valence-electron chi connectivity index (χ3n) is 3.49. The zero-order valence-corrected chi connectivity index (χ0v) is 13.9. The first-order chi connectivity index (χ1) is 9.63. The first-order valence-corrected chi connectivity index (χ1v) is 7.55. The second-order valence-electron chi connectivity index (χ2n) is 5.43. The van der Waals surface area contributed by atoms with E-state index in [1.54, 1.807) is 12.1 Å². The van der Waals surface area contributed by atoms with Crippen molar-refractivity contribution in [2.24, 2.45) is 0 Å². The highest BCUT2D eigenvalue weighted by atomic mass is 35.5. The van der Waals surface area contributed by atoms with E-state index in [-0.39, 0.29) is 23.0 Å². The number of non-ortho nitro benzene ring substituents is 1. The molecule has 0 fully saturated rings. The Kier molecular flexibility index (Phi) is 10.9. The number of unbranched alkanes of at least 4 members (excludes halogenated alkanes) is 5. The van der Waals surface area contributed by atoms with Crippen molar-refractivity contribution in [3.8, 4) is 0 Å². The highest BCUT2D eigenvalue weighted by molar-refractivity contribution is 5.85. The van der Waals surface area contributed by atoms with Crippen LogP contribution in [0.25, 0.3) is 0 Å². The molecular weight excluding hydrogens is 288 g/mol. The Bertz CT molecular complexity index is 396. The largest absolute Gasteiger partial charge is 0.302 e. The van der Waals surface area contributed by atoms with Gasteiger partial charge in [0.25, 0.3) is 5.69 Å². The molecule has 4 nitrogen and oxygen atoms in total. The van der Waals surface area contributed by atoms with E-state index >= 15 is 0 Å². The molecule has 21 heavy (non-hydrogen) atoms. The SMILES string of the molecule is CCCCCCCCN(C)Cc1ccc([N+](=O)[O-])cc1.Cl. The minimum atomic E-state index is -0.357. The average molecular weight is 315 g/mol. The normalized spacial score (nSPS) is 10.4. The fourth-order valence-electron chi connectivity index (χ4n) is 2.28. The van der Waals surface area contributed by atoms with Crippen LogP contribution in [0.1, 0.15) is 51.0 Å². The topological polar surface area (TPSA) is 46.4 Å². The molecule has 0 aromatic heterocycles. The van der Waals surface area contributed by atoms with Crippen LogP contribution in [0.4, 0.5) is 5.69 Å². The summed E-state index contributed by atoms with van der Waals surface area (Å²) in [5.41, 5.74) is 1.29. The molecule has 0 spiro atoms. The maximum absolute atomic E-state index is 10.6. The van der Waals surface area contributed by atoms with Gasteiger partial charge in [-0.2, -0.15) is 0 Å². The molecule has 0 N–H and O–H groups in total. The van der Waals surface area contributed by atoms with E-state index < -0.39 is 0 Å². The lowest BCUT2D eigenvalue weighted by atomic mass is 10.1. The van der Waals surface area contributed by atoms with Crippen LogP contribution in [0.3, 0.4) is 0 Å². The number of benzene rings is 1. The molecule has 0 unspecified atom stereocenters. The molecule has 0 amide bonds. The van der Waals surface area contributed by atoms with E-state index in [0.717, 1.165) is 18.7 Å². The summed E-state index contributed by atoms with van der Waals surface area (Å²) in [5.74, 6) is 0. The van der Waals surface area contributed by atoms with Gasteiger partial charge in [-0.3, -0.25) is 10.1 Å². The van der Waals surface area contributed by atoms with E-state index in [1.807, 2.05) is 12.1 Å². The van der Waals surface area contributed by atoms with Crippen molar-refractivity contribution in [1.82, 2.24) is 4.90 Å². The van der Waals surface area contributed by atoms with Crippen LogP contribution in [0.5, 0.6) is 0 Å². The van der Waals surface area contributed by atoms with Gasteiger partial charge in [0.1, 0.15) is 0 Å². The maximum atomic E-state index is 10.6. The van der Waals surface area contributed by atoms with Gasteiger partial charge in [-0.1, -0.05) is 51.2 Å². The predicted molar refractivity (Wildman–Crippen MR) is 90.1 cm³/mol. The van der Waals surface area contributed by atoms with Crippen molar-refractivity contribution in [2.45, 2.75) is 52.0 Å². The Morgan fingerprint density at radius 2 is 1.62 bits per heavy atom. The molecule has 0 aliphatic heterocycles. The lowest BCUT2D eigenvalue weighted by Gasteiger charge is -2.16. The summed E-state index contributed by atoms with van der Waals surface area (Å²) in [6.45, 7) is 4.17. The average Bonchev–Trinajstić information content (AvgIpc) is 2.43. The van der Waals surface area contributed by atoms with Crippen LogP contribution < -0.4 is 0 Å². The van der Waals surface area contributed by atoms with Gasteiger partial charge in [0.05, 0.1) is 4.92 Å². The molecule has 0 heterocycles. The molecule has 1 rings (SSSR count). The molecular formula is C16H27ClN2O2. The quantitative estimate of drug-likeness (QED) is 0.354. The molecule has 5 heteroatoms. The number of hydrogen-bond donors (Lipinski definition) is 0. The number of rotatable bonds is 10. The van der Waals surface area contributed by atoms with E-state index in [4.69, 9.17) is 0 Å². The fourth-order valence-corrected chi connectivity index (χ4v) is 2.28. The lowest BCUT2D eigenvalue weighted by Crippen LogP contribution is -2.19. The van der Waals surface area contributed by atoms with Crippen molar-refractivity contribution in [3.63, 3.8) is 0 Å². The molecule has 0 aliphatic rings. The van der Waals surface area contributed by atoms with Gasteiger partial charge in [0.2, 0.25) is 0 Å². The van der Waals surface area contributed by atoms with Crippen LogP contribution in [-0.2, 0) is 6.54 Å². The van der Waals surface area contributed by atoms with Crippen LogP contribution in [0.2, 0.25) is 0 Å². The summed E-state index contributed by atoms with van der Waals surface area (Å²) in [7, 11) is 2.10. The van der Waals surface area contributed by atoms with Crippen LogP contribution in [0, 0.1) is 10.1 Å². The highest BCUT2D eigenvalue weighted by Crippen LogP contribution is 2.13. The maximum Gasteiger partial charge on any atom is 0.269 e. The van der Waals surface area contributed by atoms with E-state index in [2.05, 4.69) is 18.9 Å². The summed E-state index contributed by atoms with van der Waals surface area (Å²) in [6.07, 6.45) is 7.85. The highest BCUT2D eigenvalue weighted by Gasteiger charge is 2.05. The molecule has 0 atom stereocenters. The van der Waals surface area contributed by atoms with Gasteiger partial charge in [0, 0.05) is 18.7 Å². The summed E-state index contributed by atoms with van der Waals surface area (Å²) in [5, 5.41) is 10.6. The standard InChI is InChI=1S/C16H26N2O2.ClH/c1-3-4-5-6-7-8-13-17(2)14-15-9-11-16(12-10-15)18(19)20;/h9-12H,3-8,13-14H2,1-2H3;1H.